The molecule has 0 spiro atoms. The van der Waals surface area contributed by atoms with Crippen molar-refractivity contribution < 1.29 is 23.8 Å². The zero-order chi connectivity index (χ0) is 19.9. The number of amides is 2. The summed E-state index contributed by atoms with van der Waals surface area (Å²) in [5.74, 6) is 0.518. The standard InChI is InChI=1S/C19H27ClN2O5/c1-19(2,3)27-18(24)22-14-6-9-16(26-12-14)17(23)21-10-11-25-15-7-4-13(20)5-8-15/h4-5,7-8,14,16H,6,9-12H2,1-3H3,(H,21,23)(H,22,24)/t14-,16+/m1/s1. The summed E-state index contributed by atoms with van der Waals surface area (Å²) in [6, 6.07) is 6.87. The van der Waals surface area contributed by atoms with Crippen molar-refractivity contribution in [1.29, 1.82) is 0 Å². The summed E-state index contributed by atoms with van der Waals surface area (Å²) in [5, 5.41) is 6.20. The molecule has 1 aliphatic rings. The van der Waals surface area contributed by atoms with E-state index in [1.807, 2.05) is 0 Å². The molecule has 0 aromatic heterocycles. The van der Waals surface area contributed by atoms with Crippen LogP contribution in [0.15, 0.2) is 24.3 Å². The van der Waals surface area contributed by atoms with E-state index in [9.17, 15) is 9.59 Å². The Morgan fingerprint density at radius 2 is 1.93 bits per heavy atom. The number of nitrogens with one attached hydrogen (secondary N) is 2. The van der Waals surface area contributed by atoms with E-state index >= 15 is 0 Å². The number of halogens is 1. The summed E-state index contributed by atoms with van der Waals surface area (Å²) in [6.07, 6.45) is 0.193. The zero-order valence-electron chi connectivity index (χ0n) is 15.9. The molecular formula is C19H27ClN2O5. The molecular weight excluding hydrogens is 372 g/mol. The number of carbonyl (C=O) groups excluding carboxylic acids is 2. The van der Waals surface area contributed by atoms with Gasteiger partial charge in [0, 0.05) is 5.02 Å². The molecule has 0 saturated carbocycles. The summed E-state index contributed by atoms with van der Waals surface area (Å²) in [5.41, 5.74) is -0.546. The molecule has 2 rings (SSSR count). The van der Waals surface area contributed by atoms with Gasteiger partial charge in [-0.15, -0.1) is 0 Å². The van der Waals surface area contributed by atoms with Gasteiger partial charge in [-0.05, 0) is 57.9 Å². The SMILES string of the molecule is CC(C)(C)OC(=O)N[C@@H]1CC[C@@H](C(=O)NCCOc2ccc(Cl)cc2)OC1. The maximum absolute atomic E-state index is 12.1. The van der Waals surface area contributed by atoms with Crippen molar-refractivity contribution in [2.75, 3.05) is 19.8 Å². The van der Waals surface area contributed by atoms with Gasteiger partial charge in [0.25, 0.3) is 0 Å². The maximum Gasteiger partial charge on any atom is 0.407 e. The molecule has 0 bridgehead atoms. The number of hydrogen-bond acceptors (Lipinski definition) is 5. The van der Waals surface area contributed by atoms with Crippen molar-refractivity contribution in [1.82, 2.24) is 10.6 Å². The van der Waals surface area contributed by atoms with E-state index in [0.717, 1.165) is 0 Å². The van der Waals surface area contributed by atoms with Gasteiger partial charge in [-0.1, -0.05) is 11.6 Å². The first-order chi connectivity index (χ1) is 12.7. The number of alkyl carbamates (subject to hydrolysis) is 1. The van der Waals surface area contributed by atoms with Gasteiger partial charge in [-0.2, -0.15) is 0 Å². The van der Waals surface area contributed by atoms with Crippen molar-refractivity contribution in [3.63, 3.8) is 0 Å². The first-order valence-corrected chi connectivity index (χ1v) is 9.38. The maximum atomic E-state index is 12.1. The Hall–Kier alpha value is -1.99. The molecule has 1 aliphatic heterocycles. The zero-order valence-corrected chi connectivity index (χ0v) is 16.7. The molecule has 0 unspecified atom stereocenters. The summed E-state index contributed by atoms with van der Waals surface area (Å²) in [4.78, 5) is 23.9. The third-order valence-electron chi connectivity index (χ3n) is 3.77. The fourth-order valence-corrected chi connectivity index (χ4v) is 2.66. The average molecular weight is 399 g/mol. The quantitative estimate of drug-likeness (QED) is 0.719. The van der Waals surface area contributed by atoms with Gasteiger partial charge in [-0.25, -0.2) is 4.79 Å². The third kappa shape index (κ3) is 8.05. The van der Waals surface area contributed by atoms with Crippen LogP contribution in [0.3, 0.4) is 0 Å². The largest absolute Gasteiger partial charge is 0.492 e. The molecule has 2 N–H and O–H groups in total. The molecule has 1 heterocycles. The molecule has 0 radical (unpaired) electrons. The number of carbonyl (C=O) groups is 2. The second-order valence-electron chi connectivity index (χ2n) is 7.34. The molecule has 2 amide bonds. The number of benzene rings is 1. The topological polar surface area (TPSA) is 85.9 Å². The van der Waals surface area contributed by atoms with Crippen LogP contribution in [0.4, 0.5) is 4.79 Å². The van der Waals surface area contributed by atoms with E-state index in [4.69, 9.17) is 25.8 Å². The van der Waals surface area contributed by atoms with E-state index < -0.39 is 17.8 Å². The first kappa shape index (κ1) is 21.3. The van der Waals surface area contributed by atoms with Gasteiger partial charge in [0.15, 0.2) is 0 Å². The lowest BCUT2D eigenvalue weighted by molar-refractivity contribution is -0.136. The predicted molar refractivity (Wildman–Crippen MR) is 102 cm³/mol. The lowest BCUT2D eigenvalue weighted by Gasteiger charge is -2.29. The first-order valence-electron chi connectivity index (χ1n) is 9.00. The summed E-state index contributed by atoms with van der Waals surface area (Å²) < 4.78 is 16.3. The van der Waals surface area contributed by atoms with E-state index in [2.05, 4.69) is 10.6 Å². The van der Waals surface area contributed by atoms with E-state index in [0.29, 0.717) is 36.8 Å². The van der Waals surface area contributed by atoms with E-state index in [1.165, 1.54) is 0 Å². The molecule has 27 heavy (non-hydrogen) atoms. The summed E-state index contributed by atoms with van der Waals surface area (Å²) >= 11 is 5.81. The molecule has 150 valence electrons. The Morgan fingerprint density at radius 3 is 2.52 bits per heavy atom. The predicted octanol–water partition coefficient (Wildman–Crippen LogP) is 2.91. The second-order valence-corrected chi connectivity index (χ2v) is 7.77. The van der Waals surface area contributed by atoms with Crippen LogP contribution < -0.4 is 15.4 Å². The fourth-order valence-electron chi connectivity index (χ4n) is 2.53. The van der Waals surface area contributed by atoms with Crippen LogP contribution in [0.5, 0.6) is 5.75 Å². The van der Waals surface area contributed by atoms with Crippen molar-refractivity contribution in [2.45, 2.75) is 51.4 Å². The van der Waals surface area contributed by atoms with Crippen molar-refractivity contribution in [3.05, 3.63) is 29.3 Å². The van der Waals surface area contributed by atoms with Crippen LogP contribution in [-0.2, 0) is 14.3 Å². The Bertz CT molecular complexity index is 622. The Morgan fingerprint density at radius 1 is 1.22 bits per heavy atom. The van der Waals surface area contributed by atoms with Gasteiger partial charge < -0.3 is 24.8 Å². The van der Waals surface area contributed by atoms with Gasteiger partial charge in [0.05, 0.1) is 19.2 Å². The van der Waals surface area contributed by atoms with E-state index in [1.54, 1.807) is 45.0 Å². The minimum Gasteiger partial charge on any atom is -0.492 e. The number of hydrogen-bond donors (Lipinski definition) is 2. The van der Waals surface area contributed by atoms with Crippen molar-refractivity contribution >= 4 is 23.6 Å². The van der Waals surface area contributed by atoms with Crippen LogP contribution in [0, 0.1) is 0 Å². The smallest absolute Gasteiger partial charge is 0.407 e. The summed E-state index contributed by atoms with van der Waals surface area (Å²) in [7, 11) is 0. The van der Waals surface area contributed by atoms with Crippen LogP contribution in [0.2, 0.25) is 5.02 Å². The third-order valence-corrected chi connectivity index (χ3v) is 4.02. The second kappa shape index (κ2) is 9.80. The van der Waals surface area contributed by atoms with Crippen molar-refractivity contribution in [3.8, 4) is 5.75 Å². The van der Waals surface area contributed by atoms with Crippen LogP contribution in [0.1, 0.15) is 33.6 Å². The van der Waals surface area contributed by atoms with Crippen LogP contribution in [0.25, 0.3) is 0 Å². The molecule has 8 heteroatoms. The number of ether oxygens (including phenoxy) is 3. The number of rotatable bonds is 6. The lowest BCUT2D eigenvalue weighted by atomic mass is 10.0. The van der Waals surface area contributed by atoms with E-state index in [-0.39, 0.29) is 18.6 Å². The molecule has 1 aromatic rings. The van der Waals surface area contributed by atoms with Gasteiger partial charge in [0.2, 0.25) is 5.91 Å². The van der Waals surface area contributed by atoms with Crippen LogP contribution in [-0.4, -0.2) is 49.5 Å². The Balaban J connectivity index is 1.61. The Labute approximate surface area is 164 Å². The minimum atomic E-state index is -0.546. The van der Waals surface area contributed by atoms with Gasteiger partial charge in [-0.3, -0.25) is 4.79 Å². The Kier molecular flexibility index (Phi) is 7.74. The molecule has 0 aliphatic carbocycles. The monoisotopic (exact) mass is 398 g/mol. The van der Waals surface area contributed by atoms with Gasteiger partial charge in [0.1, 0.15) is 24.1 Å². The highest BCUT2D eigenvalue weighted by Crippen LogP contribution is 2.16. The van der Waals surface area contributed by atoms with Crippen molar-refractivity contribution in [2.24, 2.45) is 0 Å². The highest BCUT2D eigenvalue weighted by Gasteiger charge is 2.28. The fraction of sp³-hybridized carbons (Fsp3) is 0.579. The molecule has 1 fully saturated rings. The minimum absolute atomic E-state index is 0.155. The average Bonchev–Trinajstić information content (AvgIpc) is 2.59. The highest BCUT2D eigenvalue weighted by atomic mass is 35.5. The molecule has 2 atom stereocenters. The van der Waals surface area contributed by atoms with Gasteiger partial charge >= 0.3 is 6.09 Å². The highest BCUT2D eigenvalue weighted by molar-refractivity contribution is 6.30. The lowest BCUT2D eigenvalue weighted by Crippen LogP contribution is -2.48. The molecule has 1 saturated heterocycles. The molecule has 7 nitrogen and oxygen atoms in total. The normalized spacial score (nSPS) is 19.9. The van der Waals surface area contributed by atoms with Crippen LogP contribution >= 0.6 is 11.6 Å². The summed E-state index contributed by atoms with van der Waals surface area (Å²) in [6.45, 7) is 6.42. The molecule has 1 aromatic carbocycles.